The van der Waals surface area contributed by atoms with Gasteiger partial charge in [0.1, 0.15) is 6.26 Å². The Balaban J connectivity index is 1.75. The molecule has 0 saturated carbocycles. The van der Waals surface area contributed by atoms with Crippen molar-refractivity contribution < 1.29 is 18.8 Å². The fraction of sp³-hybridized carbons (Fsp3) is 0.0952. The minimum absolute atomic E-state index is 0.0195. The van der Waals surface area contributed by atoms with Crippen LogP contribution in [-0.2, 0) is 9.53 Å². The van der Waals surface area contributed by atoms with Crippen LogP contribution in [0.15, 0.2) is 75.3 Å². The molecule has 31 heavy (non-hydrogen) atoms. The fourth-order valence-electron chi connectivity index (χ4n) is 2.90. The number of hydrogen-bond donors (Lipinski definition) is 1. The number of carbonyl (C=O) groups excluding carboxylic acids is 2. The van der Waals surface area contributed by atoms with Crippen LogP contribution in [0.1, 0.15) is 10.4 Å². The van der Waals surface area contributed by atoms with Crippen molar-refractivity contribution in [2.75, 3.05) is 18.2 Å². The number of benzene rings is 2. The van der Waals surface area contributed by atoms with Crippen molar-refractivity contribution in [3.63, 3.8) is 0 Å². The van der Waals surface area contributed by atoms with Crippen LogP contribution in [0.2, 0.25) is 0 Å². The summed E-state index contributed by atoms with van der Waals surface area (Å²) in [5, 5.41) is 6.88. The molecule has 0 spiro atoms. The standard InChI is InChI=1S/C21H16N4O5S/c1-29-20(28)13-7-8-15-16(11-13)22-21(25(19(15)27)14-5-3-2-4-6-14)31-12-18(26)23-17-9-10-30-24-17/h2-11H,12H2,1H3,(H,23,24,26). The Morgan fingerprint density at radius 1 is 1.16 bits per heavy atom. The molecule has 0 fully saturated rings. The highest BCUT2D eigenvalue weighted by Crippen LogP contribution is 2.22. The summed E-state index contributed by atoms with van der Waals surface area (Å²) in [4.78, 5) is 42.0. The number of nitrogens with zero attached hydrogens (tertiary/aromatic N) is 3. The zero-order chi connectivity index (χ0) is 21.8. The van der Waals surface area contributed by atoms with Crippen molar-refractivity contribution >= 4 is 40.4 Å². The summed E-state index contributed by atoms with van der Waals surface area (Å²) >= 11 is 1.09. The predicted molar refractivity (Wildman–Crippen MR) is 115 cm³/mol. The topological polar surface area (TPSA) is 116 Å². The van der Waals surface area contributed by atoms with Crippen molar-refractivity contribution in [3.8, 4) is 5.69 Å². The average molecular weight is 436 g/mol. The Morgan fingerprint density at radius 3 is 2.68 bits per heavy atom. The second kappa shape index (κ2) is 8.84. The first-order chi connectivity index (χ1) is 15.1. The van der Waals surface area contributed by atoms with E-state index in [2.05, 4.69) is 15.5 Å². The molecule has 0 aliphatic carbocycles. The lowest BCUT2D eigenvalue weighted by molar-refractivity contribution is -0.113. The number of para-hydroxylation sites is 1. The van der Waals surface area contributed by atoms with E-state index in [1.807, 2.05) is 6.07 Å². The third kappa shape index (κ3) is 4.33. The van der Waals surface area contributed by atoms with E-state index in [1.165, 1.54) is 36.1 Å². The summed E-state index contributed by atoms with van der Waals surface area (Å²) in [5.74, 6) is -0.595. The molecular formula is C21H16N4O5S. The molecule has 0 aliphatic rings. The Morgan fingerprint density at radius 2 is 1.97 bits per heavy atom. The van der Waals surface area contributed by atoms with Crippen molar-refractivity contribution in [3.05, 3.63) is 76.8 Å². The fourth-order valence-corrected chi connectivity index (χ4v) is 3.71. The van der Waals surface area contributed by atoms with E-state index in [0.29, 0.717) is 27.6 Å². The van der Waals surface area contributed by atoms with Gasteiger partial charge in [0.05, 0.1) is 35.0 Å². The molecule has 4 aromatic rings. The molecule has 4 rings (SSSR count). The largest absolute Gasteiger partial charge is 0.465 e. The van der Waals surface area contributed by atoms with Crippen LogP contribution >= 0.6 is 11.8 Å². The molecule has 0 unspecified atom stereocenters. The van der Waals surface area contributed by atoms with Gasteiger partial charge in [-0.2, -0.15) is 0 Å². The lowest BCUT2D eigenvalue weighted by Crippen LogP contribution is -2.23. The highest BCUT2D eigenvalue weighted by molar-refractivity contribution is 7.99. The molecular weight excluding hydrogens is 420 g/mol. The van der Waals surface area contributed by atoms with Crippen molar-refractivity contribution in [2.45, 2.75) is 5.16 Å². The number of ether oxygens (including phenoxy) is 1. The lowest BCUT2D eigenvalue weighted by atomic mass is 10.1. The lowest BCUT2D eigenvalue weighted by Gasteiger charge is -2.13. The van der Waals surface area contributed by atoms with Crippen molar-refractivity contribution in [1.82, 2.24) is 14.7 Å². The van der Waals surface area contributed by atoms with Crippen LogP contribution in [0, 0.1) is 0 Å². The molecule has 2 heterocycles. The summed E-state index contributed by atoms with van der Waals surface area (Å²) in [6, 6.07) is 15.1. The van der Waals surface area contributed by atoms with E-state index in [4.69, 9.17) is 9.26 Å². The van der Waals surface area contributed by atoms with E-state index < -0.39 is 5.97 Å². The van der Waals surface area contributed by atoms with Crippen molar-refractivity contribution in [1.29, 1.82) is 0 Å². The zero-order valence-corrected chi connectivity index (χ0v) is 17.1. The number of aromatic nitrogens is 3. The quantitative estimate of drug-likeness (QED) is 0.279. The zero-order valence-electron chi connectivity index (χ0n) is 16.3. The van der Waals surface area contributed by atoms with Gasteiger partial charge in [-0.3, -0.25) is 14.2 Å². The molecule has 2 aromatic heterocycles. The minimum atomic E-state index is -0.530. The van der Waals surface area contributed by atoms with Gasteiger partial charge in [0, 0.05) is 6.07 Å². The van der Waals surface area contributed by atoms with Gasteiger partial charge >= 0.3 is 5.97 Å². The molecule has 0 saturated heterocycles. The number of esters is 1. The molecule has 156 valence electrons. The van der Waals surface area contributed by atoms with Crippen LogP contribution in [0.5, 0.6) is 0 Å². The van der Waals surface area contributed by atoms with Gasteiger partial charge < -0.3 is 14.6 Å². The number of hydrogen-bond acceptors (Lipinski definition) is 8. The van der Waals surface area contributed by atoms with Gasteiger partial charge in [0.25, 0.3) is 5.56 Å². The second-order valence-corrected chi connectivity index (χ2v) is 7.26. The molecule has 0 atom stereocenters. The maximum absolute atomic E-state index is 13.3. The number of rotatable bonds is 6. The first kappa shape index (κ1) is 20.4. The number of nitrogens with one attached hydrogen (secondary N) is 1. The number of carbonyl (C=O) groups is 2. The molecule has 0 aliphatic heterocycles. The van der Waals surface area contributed by atoms with E-state index in [9.17, 15) is 14.4 Å². The van der Waals surface area contributed by atoms with E-state index in [0.717, 1.165) is 11.8 Å². The molecule has 0 radical (unpaired) electrons. The summed E-state index contributed by atoms with van der Waals surface area (Å²) in [6.07, 6.45) is 1.35. The molecule has 0 bridgehead atoms. The Kier molecular flexibility index (Phi) is 5.80. The number of thioether (sulfide) groups is 1. The maximum Gasteiger partial charge on any atom is 0.337 e. The summed E-state index contributed by atoms with van der Waals surface area (Å²) in [7, 11) is 1.28. The monoisotopic (exact) mass is 436 g/mol. The highest BCUT2D eigenvalue weighted by Gasteiger charge is 2.17. The smallest absolute Gasteiger partial charge is 0.337 e. The van der Waals surface area contributed by atoms with E-state index in [-0.39, 0.29) is 22.8 Å². The van der Waals surface area contributed by atoms with Gasteiger partial charge in [0.15, 0.2) is 11.0 Å². The Hall–Kier alpha value is -3.92. The highest BCUT2D eigenvalue weighted by atomic mass is 32.2. The third-order valence-corrected chi connectivity index (χ3v) is 5.25. The van der Waals surface area contributed by atoms with E-state index in [1.54, 1.807) is 30.3 Å². The summed E-state index contributed by atoms with van der Waals surface area (Å²) in [5.41, 5.74) is 0.906. The maximum atomic E-state index is 13.3. The minimum Gasteiger partial charge on any atom is -0.465 e. The number of fused-ring (bicyclic) bond motifs is 1. The molecule has 2 aromatic carbocycles. The van der Waals surface area contributed by atoms with Gasteiger partial charge in [0.2, 0.25) is 5.91 Å². The van der Waals surface area contributed by atoms with Gasteiger partial charge in [-0.25, -0.2) is 9.78 Å². The van der Waals surface area contributed by atoms with Crippen molar-refractivity contribution in [2.24, 2.45) is 0 Å². The third-order valence-electron chi connectivity index (χ3n) is 4.31. The van der Waals surface area contributed by atoms with E-state index >= 15 is 0 Å². The van der Waals surface area contributed by atoms with Gasteiger partial charge in [-0.1, -0.05) is 35.1 Å². The number of anilines is 1. The predicted octanol–water partition coefficient (Wildman–Crippen LogP) is 2.89. The molecule has 1 amide bonds. The Labute approximate surface area is 180 Å². The van der Waals surface area contributed by atoms with Crippen LogP contribution in [0.25, 0.3) is 16.6 Å². The van der Waals surface area contributed by atoms with Crippen LogP contribution in [0.3, 0.4) is 0 Å². The van der Waals surface area contributed by atoms with Crippen LogP contribution < -0.4 is 10.9 Å². The number of amides is 1. The van der Waals surface area contributed by atoms with Gasteiger partial charge in [-0.05, 0) is 30.3 Å². The van der Waals surface area contributed by atoms with Gasteiger partial charge in [-0.15, -0.1) is 0 Å². The van der Waals surface area contributed by atoms with Crippen LogP contribution in [-0.4, -0.2) is 39.4 Å². The first-order valence-corrected chi connectivity index (χ1v) is 10.1. The molecule has 10 heteroatoms. The number of methoxy groups -OCH3 is 1. The second-order valence-electron chi connectivity index (χ2n) is 6.32. The average Bonchev–Trinajstić information content (AvgIpc) is 3.30. The molecule has 1 N–H and O–H groups in total. The normalized spacial score (nSPS) is 10.7. The first-order valence-electron chi connectivity index (χ1n) is 9.10. The molecule has 9 nitrogen and oxygen atoms in total. The Bertz CT molecular complexity index is 1300. The van der Waals surface area contributed by atoms with Crippen LogP contribution in [0.4, 0.5) is 5.82 Å². The summed E-state index contributed by atoms with van der Waals surface area (Å²) < 4.78 is 10.9. The summed E-state index contributed by atoms with van der Waals surface area (Å²) in [6.45, 7) is 0. The SMILES string of the molecule is COC(=O)c1ccc2c(=O)n(-c3ccccc3)c(SCC(=O)Nc3ccon3)nc2c1.